The Bertz CT molecular complexity index is 505. The first-order valence-corrected chi connectivity index (χ1v) is 8.00. The number of benzene rings is 1. The Balaban J connectivity index is 2.44. The zero-order chi connectivity index (χ0) is 16.1. The Morgan fingerprint density at radius 2 is 2.14 bits per heavy atom. The molecule has 0 bridgehead atoms. The van der Waals surface area contributed by atoms with Crippen molar-refractivity contribution in [3.05, 3.63) is 22.8 Å². The summed E-state index contributed by atoms with van der Waals surface area (Å²) < 4.78 is 11.4. The summed E-state index contributed by atoms with van der Waals surface area (Å²) in [5.74, 6) is 1.89. The monoisotopic (exact) mass is 308 g/mol. The number of fused-ring (bicyclic) bond motifs is 1. The Kier molecular flexibility index (Phi) is 6.06. The second-order valence-corrected chi connectivity index (χ2v) is 5.62. The van der Waals surface area contributed by atoms with Crippen molar-refractivity contribution in [2.24, 2.45) is 0 Å². The first kappa shape index (κ1) is 17.1. The summed E-state index contributed by atoms with van der Waals surface area (Å²) in [5, 5.41) is 12.2. The molecule has 0 aliphatic carbocycles. The SMILES string of the molecule is CCN1CCc2c(OC)c(CNCCO)cc(OC)c2C1C. The van der Waals surface area contributed by atoms with Crippen molar-refractivity contribution < 1.29 is 14.6 Å². The molecule has 0 radical (unpaired) electrons. The van der Waals surface area contributed by atoms with Crippen molar-refractivity contribution in [3.8, 4) is 11.5 Å². The summed E-state index contributed by atoms with van der Waals surface area (Å²) in [6.45, 7) is 7.86. The number of nitrogens with one attached hydrogen (secondary N) is 1. The number of hydrogen-bond acceptors (Lipinski definition) is 5. The molecule has 1 aliphatic rings. The van der Waals surface area contributed by atoms with Crippen molar-refractivity contribution >= 4 is 0 Å². The number of aliphatic hydroxyl groups excluding tert-OH is 1. The van der Waals surface area contributed by atoms with Gasteiger partial charge in [0.15, 0.2) is 0 Å². The standard InChI is InChI=1S/C17H28N2O3/c1-5-19-8-6-14-16(12(19)2)15(21-3)10-13(17(14)22-4)11-18-7-9-20/h10,12,18,20H,5-9,11H2,1-4H3. The predicted molar refractivity (Wildman–Crippen MR) is 87.7 cm³/mol. The average Bonchev–Trinajstić information content (AvgIpc) is 2.54. The van der Waals surface area contributed by atoms with Crippen molar-refractivity contribution in [1.82, 2.24) is 10.2 Å². The zero-order valence-electron chi connectivity index (χ0n) is 14.1. The lowest BCUT2D eigenvalue weighted by molar-refractivity contribution is 0.202. The van der Waals surface area contributed by atoms with Crippen LogP contribution in [0.3, 0.4) is 0 Å². The van der Waals surface area contributed by atoms with Gasteiger partial charge >= 0.3 is 0 Å². The molecular weight excluding hydrogens is 280 g/mol. The summed E-state index contributed by atoms with van der Waals surface area (Å²) in [6.07, 6.45) is 0.973. The van der Waals surface area contributed by atoms with Crippen LogP contribution in [0.4, 0.5) is 0 Å². The van der Waals surface area contributed by atoms with E-state index >= 15 is 0 Å². The molecule has 2 rings (SSSR count). The van der Waals surface area contributed by atoms with E-state index in [0.29, 0.717) is 19.1 Å². The first-order valence-electron chi connectivity index (χ1n) is 8.00. The fraction of sp³-hybridized carbons (Fsp3) is 0.647. The molecule has 1 heterocycles. The topological polar surface area (TPSA) is 54.0 Å². The smallest absolute Gasteiger partial charge is 0.127 e. The maximum absolute atomic E-state index is 8.93. The van der Waals surface area contributed by atoms with Gasteiger partial charge in [0.1, 0.15) is 11.5 Å². The van der Waals surface area contributed by atoms with Gasteiger partial charge in [0.25, 0.3) is 0 Å². The number of likely N-dealkylation sites (N-methyl/N-ethyl adjacent to an activating group) is 1. The number of hydrogen-bond donors (Lipinski definition) is 2. The van der Waals surface area contributed by atoms with Gasteiger partial charge in [-0.05, 0) is 26.0 Å². The molecular formula is C17H28N2O3. The molecule has 5 heteroatoms. The molecule has 0 saturated heterocycles. The first-order chi connectivity index (χ1) is 10.7. The summed E-state index contributed by atoms with van der Waals surface area (Å²) >= 11 is 0. The molecule has 1 atom stereocenters. The highest BCUT2D eigenvalue weighted by molar-refractivity contribution is 5.56. The van der Waals surface area contributed by atoms with Crippen LogP contribution < -0.4 is 14.8 Å². The second kappa shape index (κ2) is 7.81. The molecule has 0 aromatic heterocycles. The molecule has 0 amide bonds. The molecule has 22 heavy (non-hydrogen) atoms. The van der Waals surface area contributed by atoms with E-state index in [1.807, 2.05) is 0 Å². The number of methoxy groups -OCH3 is 2. The van der Waals surface area contributed by atoms with E-state index < -0.39 is 0 Å². The minimum absolute atomic E-state index is 0.132. The van der Waals surface area contributed by atoms with Gasteiger partial charge in [-0.15, -0.1) is 0 Å². The highest BCUT2D eigenvalue weighted by Crippen LogP contribution is 2.42. The average molecular weight is 308 g/mol. The van der Waals surface area contributed by atoms with E-state index in [4.69, 9.17) is 14.6 Å². The molecule has 1 unspecified atom stereocenters. The second-order valence-electron chi connectivity index (χ2n) is 5.62. The highest BCUT2D eigenvalue weighted by atomic mass is 16.5. The van der Waals surface area contributed by atoms with Crippen LogP contribution in [0.5, 0.6) is 11.5 Å². The maximum Gasteiger partial charge on any atom is 0.127 e. The van der Waals surface area contributed by atoms with E-state index in [1.54, 1.807) is 14.2 Å². The van der Waals surface area contributed by atoms with Crippen LogP contribution in [-0.2, 0) is 13.0 Å². The molecule has 0 saturated carbocycles. The maximum atomic E-state index is 8.93. The molecule has 1 aliphatic heterocycles. The third-order valence-corrected chi connectivity index (χ3v) is 4.51. The van der Waals surface area contributed by atoms with Crippen LogP contribution in [-0.4, -0.2) is 50.5 Å². The van der Waals surface area contributed by atoms with E-state index in [9.17, 15) is 0 Å². The molecule has 1 aromatic rings. The fourth-order valence-corrected chi connectivity index (χ4v) is 3.39. The molecule has 0 spiro atoms. The molecule has 1 aromatic carbocycles. The Hall–Kier alpha value is -1.30. The number of ether oxygens (including phenoxy) is 2. The third kappa shape index (κ3) is 3.21. The van der Waals surface area contributed by atoms with Crippen LogP contribution in [0.15, 0.2) is 6.07 Å². The predicted octanol–water partition coefficient (Wildman–Crippen LogP) is 1.72. The number of nitrogens with zero attached hydrogens (tertiary/aromatic N) is 1. The third-order valence-electron chi connectivity index (χ3n) is 4.51. The van der Waals surface area contributed by atoms with Crippen LogP contribution in [0.2, 0.25) is 0 Å². The van der Waals surface area contributed by atoms with Crippen molar-refractivity contribution in [2.75, 3.05) is 40.5 Å². The van der Waals surface area contributed by atoms with Crippen LogP contribution in [0, 0.1) is 0 Å². The van der Waals surface area contributed by atoms with Gasteiger partial charge < -0.3 is 19.9 Å². The summed E-state index contributed by atoms with van der Waals surface area (Å²) in [7, 11) is 3.46. The minimum atomic E-state index is 0.132. The largest absolute Gasteiger partial charge is 0.496 e. The lowest BCUT2D eigenvalue weighted by atomic mass is 9.89. The van der Waals surface area contributed by atoms with Crippen LogP contribution in [0.1, 0.15) is 36.6 Å². The molecule has 5 nitrogen and oxygen atoms in total. The van der Waals surface area contributed by atoms with Gasteiger partial charge in [0.2, 0.25) is 0 Å². The summed E-state index contributed by atoms with van der Waals surface area (Å²) in [4.78, 5) is 2.45. The molecule has 124 valence electrons. The van der Waals surface area contributed by atoms with Gasteiger partial charge in [-0.25, -0.2) is 0 Å². The van der Waals surface area contributed by atoms with Crippen LogP contribution in [0.25, 0.3) is 0 Å². The highest BCUT2D eigenvalue weighted by Gasteiger charge is 2.30. The number of rotatable bonds is 7. The zero-order valence-corrected chi connectivity index (χ0v) is 14.1. The molecule has 0 fully saturated rings. The van der Waals surface area contributed by atoms with E-state index in [0.717, 1.165) is 36.6 Å². The van der Waals surface area contributed by atoms with Crippen LogP contribution >= 0.6 is 0 Å². The fourth-order valence-electron chi connectivity index (χ4n) is 3.39. The minimum Gasteiger partial charge on any atom is -0.496 e. The summed E-state index contributed by atoms with van der Waals surface area (Å²) in [5.41, 5.74) is 3.60. The summed E-state index contributed by atoms with van der Waals surface area (Å²) in [6, 6.07) is 2.40. The van der Waals surface area contributed by atoms with Crippen molar-refractivity contribution in [1.29, 1.82) is 0 Å². The Morgan fingerprint density at radius 3 is 2.73 bits per heavy atom. The quantitative estimate of drug-likeness (QED) is 0.751. The lowest BCUT2D eigenvalue weighted by Crippen LogP contribution is -2.34. The lowest BCUT2D eigenvalue weighted by Gasteiger charge is -2.36. The number of aliphatic hydroxyl groups is 1. The van der Waals surface area contributed by atoms with E-state index in [-0.39, 0.29) is 6.61 Å². The van der Waals surface area contributed by atoms with Crippen molar-refractivity contribution in [3.63, 3.8) is 0 Å². The molecule has 2 N–H and O–H groups in total. The van der Waals surface area contributed by atoms with Gasteiger partial charge in [-0.2, -0.15) is 0 Å². The van der Waals surface area contributed by atoms with Gasteiger partial charge in [-0.1, -0.05) is 6.92 Å². The van der Waals surface area contributed by atoms with E-state index in [1.165, 1.54) is 11.1 Å². The van der Waals surface area contributed by atoms with Crippen molar-refractivity contribution in [2.45, 2.75) is 32.9 Å². The normalized spacial score (nSPS) is 18.1. The van der Waals surface area contributed by atoms with Gasteiger partial charge in [0.05, 0.1) is 20.8 Å². The Labute approximate surface area is 133 Å². The van der Waals surface area contributed by atoms with Gasteiger partial charge in [0, 0.05) is 42.4 Å². The Morgan fingerprint density at radius 1 is 1.36 bits per heavy atom. The van der Waals surface area contributed by atoms with Gasteiger partial charge in [-0.3, -0.25) is 4.90 Å². The van der Waals surface area contributed by atoms with E-state index in [2.05, 4.69) is 30.1 Å².